The number of nitrogens with two attached hydrogens (primary N) is 1. The molecule has 11 heteroatoms. The quantitative estimate of drug-likeness (QED) is 0.258. The number of hydrogen-bond donors (Lipinski definition) is 2. The Morgan fingerprint density at radius 1 is 1.17 bits per heavy atom. The number of fused-ring (bicyclic) bond motifs is 3. The topological polar surface area (TPSA) is 131 Å². The van der Waals surface area contributed by atoms with E-state index in [0.717, 1.165) is 45.6 Å². The molecule has 4 heterocycles. The molecule has 1 aromatic carbocycles. The highest BCUT2D eigenvalue weighted by atomic mass is 16.5. The monoisotopic (exact) mass is 475 g/mol. The number of carbonyl (C=O) groups is 1. The molecule has 0 unspecified atom stereocenters. The second kappa shape index (κ2) is 8.35. The number of nitrogens with one attached hydrogen (secondary N) is 1. The van der Waals surface area contributed by atoms with Crippen LogP contribution in [0.3, 0.4) is 0 Å². The summed E-state index contributed by atoms with van der Waals surface area (Å²) in [6, 6.07) is 6.17. The first kappa shape index (κ1) is 22.8. The van der Waals surface area contributed by atoms with Crippen LogP contribution in [0.2, 0.25) is 0 Å². The third kappa shape index (κ3) is 3.87. The average Bonchev–Trinajstić information content (AvgIpc) is 3.55. The maximum absolute atomic E-state index is 12.2. The lowest BCUT2D eigenvalue weighted by Gasteiger charge is -2.22. The lowest BCUT2D eigenvalue weighted by Crippen LogP contribution is -2.47. The van der Waals surface area contributed by atoms with Gasteiger partial charge < -0.3 is 9.30 Å². The lowest BCUT2D eigenvalue weighted by atomic mass is 10.0. The smallest absolute Gasteiger partial charge is 0.261 e. The molecule has 0 spiro atoms. The highest BCUT2D eigenvalue weighted by Crippen LogP contribution is 2.37. The summed E-state index contributed by atoms with van der Waals surface area (Å²) >= 11 is 0. The van der Waals surface area contributed by atoms with Crippen LogP contribution in [0.5, 0.6) is 5.75 Å². The minimum absolute atomic E-state index is 0.174. The predicted octanol–water partition coefficient (Wildman–Crippen LogP) is 2.68. The van der Waals surface area contributed by atoms with Crippen molar-refractivity contribution in [2.24, 2.45) is 5.84 Å². The minimum Gasteiger partial charge on any atom is -0.491 e. The maximum atomic E-state index is 12.2. The van der Waals surface area contributed by atoms with Crippen molar-refractivity contribution in [3.8, 4) is 39.8 Å². The minimum atomic E-state index is -0.925. The van der Waals surface area contributed by atoms with Gasteiger partial charge in [0, 0.05) is 24.0 Å². The number of hydrogen-bond acceptors (Lipinski definition) is 7. The number of benzene rings is 1. The second-order valence-corrected chi connectivity index (χ2v) is 9.43. The number of carbonyl (C=O) groups excluding carboxylic acids is 1. The van der Waals surface area contributed by atoms with Gasteiger partial charge in [0.25, 0.3) is 5.91 Å². The Kier molecular flexibility index (Phi) is 5.43. The standard InChI is InChI=1S/C24H29N9O2/c1-14(2)33-22(27-15(3)30-33)19-13-31-8-9-35-20-10-16(6-7-18(20)21(31)28-19)17-11-26-32(12-17)24(4,5)23(34)29-25/h6-7,10-14H,8-9,25H2,1-5H3,(H,29,34). The van der Waals surface area contributed by atoms with Crippen LogP contribution >= 0.6 is 0 Å². The first-order chi connectivity index (χ1) is 16.7. The third-order valence-electron chi connectivity index (χ3n) is 6.22. The second-order valence-electron chi connectivity index (χ2n) is 9.43. The molecule has 0 bridgehead atoms. The Hall–Kier alpha value is -3.99. The zero-order valence-corrected chi connectivity index (χ0v) is 20.5. The third-order valence-corrected chi connectivity index (χ3v) is 6.22. The predicted molar refractivity (Wildman–Crippen MR) is 130 cm³/mol. The molecular weight excluding hydrogens is 446 g/mol. The van der Waals surface area contributed by atoms with Crippen LogP contribution in [0.4, 0.5) is 0 Å². The van der Waals surface area contributed by atoms with Crippen molar-refractivity contribution < 1.29 is 9.53 Å². The number of imidazole rings is 1. The SMILES string of the molecule is Cc1nc(-c2cn3c(n2)-c2ccc(-c4cnn(C(C)(C)C(=O)NN)c4)cc2OCC3)n(C(C)C)n1. The molecule has 0 fully saturated rings. The molecule has 0 saturated carbocycles. The summed E-state index contributed by atoms with van der Waals surface area (Å²) in [5, 5.41) is 8.92. The van der Waals surface area contributed by atoms with E-state index in [1.54, 1.807) is 24.7 Å². The molecule has 1 aliphatic rings. The number of aryl methyl sites for hydroxylation is 1. The van der Waals surface area contributed by atoms with Crippen LogP contribution < -0.4 is 16.0 Å². The molecule has 1 amide bonds. The van der Waals surface area contributed by atoms with Gasteiger partial charge in [-0.05, 0) is 52.3 Å². The van der Waals surface area contributed by atoms with Crippen LogP contribution in [-0.2, 0) is 16.9 Å². The van der Waals surface area contributed by atoms with E-state index in [-0.39, 0.29) is 11.9 Å². The average molecular weight is 476 g/mol. The van der Waals surface area contributed by atoms with Crippen molar-refractivity contribution in [1.29, 1.82) is 0 Å². The number of amides is 1. The van der Waals surface area contributed by atoms with Crippen molar-refractivity contribution in [1.82, 2.24) is 39.5 Å². The highest BCUT2D eigenvalue weighted by molar-refractivity contribution is 5.83. The van der Waals surface area contributed by atoms with Crippen molar-refractivity contribution in [2.75, 3.05) is 6.61 Å². The zero-order valence-electron chi connectivity index (χ0n) is 20.5. The van der Waals surface area contributed by atoms with Crippen molar-refractivity contribution >= 4 is 5.91 Å². The molecule has 1 aliphatic heterocycles. The van der Waals surface area contributed by atoms with Gasteiger partial charge in [-0.3, -0.25) is 14.9 Å². The van der Waals surface area contributed by atoms with Gasteiger partial charge >= 0.3 is 0 Å². The van der Waals surface area contributed by atoms with E-state index in [4.69, 9.17) is 15.6 Å². The fourth-order valence-corrected chi connectivity index (χ4v) is 4.19. The first-order valence-electron chi connectivity index (χ1n) is 11.5. The lowest BCUT2D eigenvalue weighted by molar-refractivity contribution is -0.128. The van der Waals surface area contributed by atoms with Crippen LogP contribution in [0, 0.1) is 6.92 Å². The summed E-state index contributed by atoms with van der Waals surface area (Å²) < 4.78 is 11.7. The van der Waals surface area contributed by atoms with Crippen LogP contribution in [0.25, 0.3) is 34.0 Å². The molecule has 3 aromatic heterocycles. The van der Waals surface area contributed by atoms with Gasteiger partial charge in [-0.25, -0.2) is 20.5 Å². The largest absolute Gasteiger partial charge is 0.491 e. The van der Waals surface area contributed by atoms with Gasteiger partial charge in [-0.2, -0.15) is 10.2 Å². The number of hydrazine groups is 1. The normalized spacial score (nSPS) is 13.2. The first-order valence-corrected chi connectivity index (χ1v) is 11.5. The number of nitrogens with zero attached hydrogens (tertiary/aromatic N) is 7. The summed E-state index contributed by atoms with van der Waals surface area (Å²) in [4.78, 5) is 21.7. The Labute approximate surface area is 202 Å². The van der Waals surface area contributed by atoms with Gasteiger partial charge in [-0.1, -0.05) is 6.07 Å². The van der Waals surface area contributed by atoms with Crippen molar-refractivity contribution in [2.45, 2.75) is 52.7 Å². The molecule has 0 radical (unpaired) electrons. The Morgan fingerprint density at radius 3 is 2.71 bits per heavy atom. The van der Waals surface area contributed by atoms with E-state index in [9.17, 15) is 4.79 Å². The summed E-state index contributed by atoms with van der Waals surface area (Å²) in [7, 11) is 0. The molecule has 3 N–H and O–H groups in total. The van der Waals surface area contributed by atoms with Crippen LogP contribution in [0.1, 0.15) is 39.6 Å². The fourth-order valence-electron chi connectivity index (χ4n) is 4.19. The molecular formula is C24H29N9O2. The van der Waals surface area contributed by atoms with E-state index in [0.29, 0.717) is 13.2 Å². The zero-order chi connectivity index (χ0) is 24.9. The molecule has 5 rings (SSSR count). The number of rotatable bonds is 5. The van der Waals surface area contributed by atoms with Gasteiger partial charge in [0.1, 0.15) is 35.2 Å². The van der Waals surface area contributed by atoms with Crippen molar-refractivity contribution in [3.05, 3.63) is 42.6 Å². The molecule has 35 heavy (non-hydrogen) atoms. The molecule has 182 valence electrons. The number of ether oxygens (including phenoxy) is 1. The van der Waals surface area contributed by atoms with E-state index >= 15 is 0 Å². The molecule has 0 saturated heterocycles. The summed E-state index contributed by atoms with van der Waals surface area (Å²) in [6.07, 6.45) is 5.57. The Morgan fingerprint density at radius 2 is 1.97 bits per heavy atom. The summed E-state index contributed by atoms with van der Waals surface area (Å²) in [5.41, 5.74) is 4.75. The van der Waals surface area contributed by atoms with E-state index in [1.165, 1.54) is 0 Å². The van der Waals surface area contributed by atoms with Gasteiger partial charge in [0.05, 0.1) is 18.3 Å². The summed E-state index contributed by atoms with van der Waals surface area (Å²) in [6.45, 7) is 10.7. The molecule has 4 aromatic rings. The van der Waals surface area contributed by atoms with Gasteiger partial charge in [0.15, 0.2) is 5.82 Å². The number of aromatic nitrogens is 7. The maximum Gasteiger partial charge on any atom is 0.261 e. The van der Waals surface area contributed by atoms with E-state index < -0.39 is 5.54 Å². The van der Waals surface area contributed by atoms with E-state index in [2.05, 4.69) is 39.0 Å². The summed E-state index contributed by atoms with van der Waals surface area (Å²) in [5.74, 6) is 8.05. The van der Waals surface area contributed by atoms with E-state index in [1.807, 2.05) is 42.2 Å². The van der Waals surface area contributed by atoms with Crippen LogP contribution in [-0.4, -0.2) is 46.6 Å². The molecule has 0 atom stereocenters. The Bertz CT molecular complexity index is 1410. The van der Waals surface area contributed by atoms with Gasteiger partial charge in [0.2, 0.25) is 0 Å². The Balaban J connectivity index is 1.52. The van der Waals surface area contributed by atoms with Gasteiger partial charge in [-0.15, -0.1) is 0 Å². The highest BCUT2D eigenvalue weighted by Gasteiger charge is 2.30. The molecule has 11 nitrogen and oxygen atoms in total. The van der Waals surface area contributed by atoms with Crippen molar-refractivity contribution in [3.63, 3.8) is 0 Å². The van der Waals surface area contributed by atoms with Crippen LogP contribution in [0.15, 0.2) is 36.8 Å². The molecule has 0 aliphatic carbocycles. The fraction of sp³-hybridized carbons (Fsp3) is 0.375.